The molecule has 0 bridgehead atoms. The van der Waals surface area contributed by atoms with E-state index in [1.54, 1.807) is 0 Å². The summed E-state index contributed by atoms with van der Waals surface area (Å²) in [5.41, 5.74) is 4.78. The van der Waals surface area contributed by atoms with E-state index in [9.17, 15) is 4.79 Å². The van der Waals surface area contributed by atoms with Gasteiger partial charge in [0, 0.05) is 39.1 Å². The molecule has 0 amide bonds. The van der Waals surface area contributed by atoms with Crippen molar-refractivity contribution in [3.05, 3.63) is 62.5 Å². The summed E-state index contributed by atoms with van der Waals surface area (Å²) in [4.78, 5) is 22.3. The highest BCUT2D eigenvalue weighted by atomic mass is 32.1. The van der Waals surface area contributed by atoms with Crippen LogP contribution in [0.25, 0.3) is 10.2 Å². The van der Waals surface area contributed by atoms with Crippen LogP contribution >= 0.6 is 11.3 Å². The standard InChI is InChI=1S/C21H26N4OS/c1-15-14-27-20-19(15)22-18-8-9-24(10-11-25(18)21(20)26)13-17-6-4-16(5-7-17)12-23(2)3/h4-7,14H,8-13H2,1-3H3. The normalized spacial score (nSPS) is 15.3. The number of thiophene rings is 1. The fourth-order valence-electron chi connectivity index (χ4n) is 3.72. The van der Waals surface area contributed by atoms with E-state index >= 15 is 0 Å². The van der Waals surface area contributed by atoms with Crippen molar-refractivity contribution >= 4 is 21.6 Å². The molecule has 0 saturated heterocycles. The third-order valence-electron chi connectivity index (χ3n) is 5.15. The smallest absolute Gasteiger partial charge is 0.271 e. The Morgan fingerprint density at radius 3 is 2.59 bits per heavy atom. The van der Waals surface area contributed by atoms with E-state index in [-0.39, 0.29) is 5.56 Å². The quantitative estimate of drug-likeness (QED) is 0.696. The predicted molar refractivity (Wildman–Crippen MR) is 111 cm³/mol. The van der Waals surface area contributed by atoms with Crippen molar-refractivity contribution in [3.8, 4) is 0 Å². The summed E-state index contributed by atoms with van der Waals surface area (Å²) < 4.78 is 2.68. The maximum absolute atomic E-state index is 12.8. The zero-order valence-corrected chi connectivity index (χ0v) is 17.1. The lowest BCUT2D eigenvalue weighted by Gasteiger charge is -2.19. The fraction of sp³-hybridized carbons (Fsp3) is 0.429. The van der Waals surface area contributed by atoms with Gasteiger partial charge < -0.3 is 4.90 Å². The van der Waals surface area contributed by atoms with E-state index in [2.05, 4.69) is 48.2 Å². The van der Waals surface area contributed by atoms with Crippen molar-refractivity contribution in [3.63, 3.8) is 0 Å². The van der Waals surface area contributed by atoms with Crippen molar-refractivity contribution < 1.29 is 0 Å². The van der Waals surface area contributed by atoms with Crippen LogP contribution < -0.4 is 5.56 Å². The largest absolute Gasteiger partial charge is 0.305 e. The van der Waals surface area contributed by atoms with Crippen LogP contribution in [-0.2, 0) is 26.1 Å². The third kappa shape index (κ3) is 3.83. The van der Waals surface area contributed by atoms with Gasteiger partial charge in [-0.3, -0.25) is 14.3 Å². The number of rotatable bonds is 4. The maximum atomic E-state index is 12.8. The maximum Gasteiger partial charge on any atom is 0.271 e. The lowest BCUT2D eigenvalue weighted by Crippen LogP contribution is -2.28. The van der Waals surface area contributed by atoms with Gasteiger partial charge in [0.2, 0.25) is 0 Å². The Labute approximate surface area is 163 Å². The summed E-state index contributed by atoms with van der Waals surface area (Å²) in [6.07, 6.45) is 0.819. The second-order valence-electron chi connectivity index (χ2n) is 7.66. The highest BCUT2D eigenvalue weighted by Crippen LogP contribution is 2.21. The van der Waals surface area contributed by atoms with Crippen LogP contribution in [0.2, 0.25) is 0 Å². The van der Waals surface area contributed by atoms with Crippen molar-refractivity contribution in [2.75, 3.05) is 27.2 Å². The molecule has 4 rings (SSSR count). The van der Waals surface area contributed by atoms with Crippen LogP contribution in [0.15, 0.2) is 34.4 Å². The molecular weight excluding hydrogens is 356 g/mol. The van der Waals surface area contributed by atoms with Crippen LogP contribution in [-0.4, -0.2) is 46.5 Å². The summed E-state index contributed by atoms with van der Waals surface area (Å²) in [5, 5.41) is 2.03. The molecule has 0 fully saturated rings. The Balaban J connectivity index is 1.49. The first kappa shape index (κ1) is 18.3. The van der Waals surface area contributed by atoms with Crippen LogP contribution in [0.1, 0.15) is 22.5 Å². The van der Waals surface area contributed by atoms with E-state index in [0.717, 1.165) is 54.2 Å². The van der Waals surface area contributed by atoms with E-state index in [0.29, 0.717) is 6.54 Å². The highest BCUT2D eigenvalue weighted by Gasteiger charge is 2.19. The van der Waals surface area contributed by atoms with Crippen molar-refractivity contribution in [1.29, 1.82) is 0 Å². The lowest BCUT2D eigenvalue weighted by atomic mass is 10.1. The van der Waals surface area contributed by atoms with Gasteiger partial charge in [-0.2, -0.15) is 0 Å². The van der Waals surface area contributed by atoms with Gasteiger partial charge in [0.1, 0.15) is 10.5 Å². The second-order valence-corrected chi connectivity index (χ2v) is 8.54. The van der Waals surface area contributed by atoms with Crippen molar-refractivity contribution in [2.24, 2.45) is 0 Å². The molecule has 1 aromatic carbocycles. The zero-order chi connectivity index (χ0) is 19.0. The van der Waals surface area contributed by atoms with Crippen LogP contribution in [0.3, 0.4) is 0 Å². The van der Waals surface area contributed by atoms with Gasteiger partial charge >= 0.3 is 0 Å². The first-order valence-corrected chi connectivity index (χ1v) is 10.3. The minimum absolute atomic E-state index is 0.128. The lowest BCUT2D eigenvalue weighted by molar-refractivity contribution is 0.271. The molecule has 5 nitrogen and oxygen atoms in total. The number of aryl methyl sites for hydroxylation is 1. The molecule has 0 radical (unpaired) electrons. The molecule has 0 saturated carbocycles. The Morgan fingerprint density at radius 2 is 1.85 bits per heavy atom. The number of hydrogen-bond donors (Lipinski definition) is 0. The first-order chi connectivity index (χ1) is 13.0. The molecule has 0 atom stereocenters. The molecule has 3 aromatic rings. The van der Waals surface area contributed by atoms with Gasteiger partial charge in [-0.25, -0.2) is 4.98 Å². The van der Waals surface area contributed by atoms with Gasteiger partial charge in [-0.05, 0) is 43.1 Å². The topological polar surface area (TPSA) is 41.4 Å². The summed E-state index contributed by atoms with van der Waals surface area (Å²) in [6, 6.07) is 8.87. The number of aromatic nitrogens is 2. The molecule has 0 spiro atoms. The zero-order valence-electron chi connectivity index (χ0n) is 16.2. The molecule has 1 aliphatic rings. The van der Waals surface area contributed by atoms with Gasteiger partial charge in [0.15, 0.2) is 0 Å². The average Bonchev–Trinajstić information content (AvgIpc) is 2.88. The van der Waals surface area contributed by atoms with Crippen LogP contribution in [0.4, 0.5) is 0 Å². The minimum Gasteiger partial charge on any atom is -0.305 e. The SMILES string of the molecule is Cc1csc2c(=O)n3c(nc12)CCN(Cc1ccc(CN(C)C)cc1)CC3. The number of hydrogen-bond acceptors (Lipinski definition) is 5. The van der Waals surface area contributed by atoms with Gasteiger partial charge in [-0.15, -0.1) is 11.3 Å². The molecule has 2 aromatic heterocycles. The van der Waals surface area contributed by atoms with Gasteiger partial charge in [0.05, 0.1) is 5.52 Å². The Bertz CT molecular complexity index is 1000. The van der Waals surface area contributed by atoms with Crippen LogP contribution in [0.5, 0.6) is 0 Å². The molecule has 0 aliphatic carbocycles. The number of nitrogens with zero attached hydrogens (tertiary/aromatic N) is 4. The van der Waals surface area contributed by atoms with Crippen LogP contribution in [0, 0.1) is 6.92 Å². The third-order valence-corrected chi connectivity index (χ3v) is 6.23. The molecule has 0 N–H and O–H groups in total. The van der Waals surface area contributed by atoms with Gasteiger partial charge in [0.25, 0.3) is 5.56 Å². The van der Waals surface area contributed by atoms with E-state index in [1.165, 1.54) is 22.5 Å². The van der Waals surface area contributed by atoms with Gasteiger partial charge in [-0.1, -0.05) is 24.3 Å². The molecule has 3 heterocycles. The van der Waals surface area contributed by atoms with Crippen molar-refractivity contribution in [1.82, 2.24) is 19.4 Å². The molecular formula is C21H26N4OS. The van der Waals surface area contributed by atoms with E-state index in [1.807, 2.05) is 16.9 Å². The highest BCUT2D eigenvalue weighted by molar-refractivity contribution is 7.17. The summed E-state index contributed by atoms with van der Waals surface area (Å²) >= 11 is 1.52. The average molecular weight is 383 g/mol. The molecule has 6 heteroatoms. The molecule has 27 heavy (non-hydrogen) atoms. The van der Waals surface area contributed by atoms with E-state index < -0.39 is 0 Å². The Kier molecular flexibility index (Phi) is 5.12. The second kappa shape index (κ2) is 7.54. The summed E-state index contributed by atoms with van der Waals surface area (Å²) in [7, 11) is 4.18. The summed E-state index contributed by atoms with van der Waals surface area (Å²) in [6.45, 7) is 6.44. The monoisotopic (exact) mass is 382 g/mol. The minimum atomic E-state index is 0.128. The predicted octanol–water partition coefficient (Wildman–Crippen LogP) is 2.89. The van der Waals surface area contributed by atoms with Crippen molar-refractivity contribution in [2.45, 2.75) is 33.0 Å². The number of fused-ring (bicyclic) bond motifs is 2. The first-order valence-electron chi connectivity index (χ1n) is 9.43. The van der Waals surface area contributed by atoms with E-state index in [4.69, 9.17) is 4.98 Å². The molecule has 1 aliphatic heterocycles. The Hall–Kier alpha value is -2.02. The molecule has 0 unspecified atom stereocenters. The molecule has 142 valence electrons. The fourth-order valence-corrected chi connectivity index (χ4v) is 4.66. The number of benzene rings is 1. The Morgan fingerprint density at radius 1 is 1.11 bits per heavy atom. The summed E-state index contributed by atoms with van der Waals surface area (Å²) in [5.74, 6) is 0.929.